The normalized spacial score (nSPS) is 20.0. The Balaban J connectivity index is 1.82. The van der Waals surface area contributed by atoms with E-state index in [1.165, 1.54) is 12.3 Å². The summed E-state index contributed by atoms with van der Waals surface area (Å²) in [4.78, 5) is 35.1. The molecule has 2 fully saturated rings. The highest BCUT2D eigenvalue weighted by Crippen LogP contribution is 2.33. The number of hydrogen-bond acceptors (Lipinski definition) is 5. The predicted molar refractivity (Wildman–Crippen MR) is 86.6 cm³/mol. The van der Waals surface area contributed by atoms with Crippen molar-refractivity contribution >= 4 is 23.8 Å². The lowest BCUT2D eigenvalue weighted by atomic mass is 9.82. The summed E-state index contributed by atoms with van der Waals surface area (Å²) in [6.07, 6.45) is 5.40. The molecule has 8 heteroatoms. The third kappa shape index (κ3) is 2.75. The Morgan fingerprint density at radius 3 is 2.67 bits per heavy atom. The summed E-state index contributed by atoms with van der Waals surface area (Å²) in [6.45, 7) is 1.64. The molecule has 1 aromatic carbocycles. The molecule has 1 aromatic rings. The van der Waals surface area contributed by atoms with Crippen LogP contribution in [0.3, 0.4) is 0 Å². The molecule has 1 N–H and O–H groups in total. The van der Waals surface area contributed by atoms with Crippen LogP contribution in [-0.2, 0) is 4.79 Å². The molecule has 3 rings (SSSR count). The van der Waals surface area contributed by atoms with Crippen molar-refractivity contribution in [1.29, 1.82) is 0 Å². The number of nitro groups is 1. The summed E-state index contributed by atoms with van der Waals surface area (Å²) < 4.78 is 0. The molecule has 1 spiro atoms. The van der Waals surface area contributed by atoms with Crippen LogP contribution in [0.1, 0.15) is 43.2 Å². The van der Waals surface area contributed by atoms with Crippen molar-refractivity contribution in [3.63, 3.8) is 0 Å². The van der Waals surface area contributed by atoms with E-state index in [2.05, 4.69) is 10.4 Å². The van der Waals surface area contributed by atoms with Gasteiger partial charge >= 0.3 is 6.03 Å². The second-order valence-electron chi connectivity index (χ2n) is 6.24. The molecule has 126 valence electrons. The van der Waals surface area contributed by atoms with E-state index in [4.69, 9.17) is 0 Å². The second-order valence-corrected chi connectivity index (χ2v) is 6.24. The van der Waals surface area contributed by atoms with Crippen LogP contribution >= 0.6 is 0 Å². The van der Waals surface area contributed by atoms with Crippen molar-refractivity contribution in [2.75, 3.05) is 0 Å². The van der Waals surface area contributed by atoms with Gasteiger partial charge in [0.2, 0.25) is 0 Å². The van der Waals surface area contributed by atoms with E-state index in [9.17, 15) is 19.7 Å². The van der Waals surface area contributed by atoms with E-state index in [0.29, 0.717) is 24.0 Å². The number of carbonyl (C=O) groups excluding carboxylic acids is 2. The maximum absolute atomic E-state index is 12.6. The number of carbonyl (C=O) groups is 2. The number of aryl methyl sites for hydroxylation is 1. The summed E-state index contributed by atoms with van der Waals surface area (Å²) in [6, 6.07) is 4.09. The topological polar surface area (TPSA) is 105 Å². The minimum absolute atomic E-state index is 0.0279. The van der Waals surface area contributed by atoms with Gasteiger partial charge < -0.3 is 5.32 Å². The highest BCUT2D eigenvalue weighted by molar-refractivity contribution is 6.07. The van der Waals surface area contributed by atoms with Crippen molar-refractivity contribution in [1.82, 2.24) is 10.3 Å². The molecule has 0 bridgehead atoms. The van der Waals surface area contributed by atoms with Crippen molar-refractivity contribution < 1.29 is 14.5 Å². The number of nitrogens with one attached hydrogen (secondary N) is 1. The number of benzene rings is 1. The fourth-order valence-corrected chi connectivity index (χ4v) is 3.23. The minimum Gasteiger partial charge on any atom is -0.321 e. The highest BCUT2D eigenvalue weighted by Gasteiger charge is 2.51. The average Bonchev–Trinajstić information content (AvgIpc) is 2.77. The maximum atomic E-state index is 12.6. The molecule has 8 nitrogen and oxygen atoms in total. The lowest BCUT2D eigenvalue weighted by molar-refractivity contribution is -0.385. The smallest absolute Gasteiger partial charge is 0.321 e. The highest BCUT2D eigenvalue weighted by atomic mass is 16.6. The molecule has 1 aliphatic carbocycles. The zero-order valence-electron chi connectivity index (χ0n) is 13.3. The number of urea groups is 1. The van der Waals surface area contributed by atoms with Gasteiger partial charge in [0.25, 0.3) is 11.6 Å². The van der Waals surface area contributed by atoms with Crippen LogP contribution in [-0.4, -0.2) is 33.6 Å². The summed E-state index contributed by atoms with van der Waals surface area (Å²) in [5, 5.41) is 18.5. The third-order valence-corrected chi connectivity index (χ3v) is 4.60. The fourth-order valence-electron chi connectivity index (χ4n) is 3.23. The van der Waals surface area contributed by atoms with Gasteiger partial charge in [0.1, 0.15) is 5.54 Å². The zero-order valence-corrected chi connectivity index (χ0v) is 13.3. The minimum atomic E-state index is -0.827. The summed E-state index contributed by atoms with van der Waals surface area (Å²) in [5.74, 6) is -0.343. The summed E-state index contributed by atoms with van der Waals surface area (Å²) in [7, 11) is 0. The largest absolute Gasteiger partial charge is 0.346 e. The van der Waals surface area contributed by atoms with E-state index >= 15 is 0 Å². The number of hydrazone groups is 1. The lowest BCUT2D eigenvalue weighted by Crippen LogP contribution is -2.48. The summed E-state index contributed by atoms with van der Waals surface area (Å²) in [5.41, 5.74) is 0.136. The Bertz CT molecular complexity index is 738. The number of hydrogen-bond donors (Lipinski definition) is 1. The van der Waals surface area contributed by atoms with Crippen LogP contribution in [0.15, 0.2) is 23.3 Å². The van der Waals surface area contributed by atoms with Gasteiger partial charge in [0.05, 0.1) is 11.1 Å². The van der Waals surface area contributed by atoms with Crippen LogP contribution < -0.4 is 5.32 Å². The van der Waals surface area contributed by atoms with E-state index in [1.54, 1.807) is 19.1 Å². The molecule has 0 unspecified atom stereocenters. The van der Waals surface area contributed by atoms with E-state index in [-0.39, 0.29) is 11.6 Å². The first-order valence-corrected chi connectivity index (χ1v) is 7.89. The zero-order chi connectivity index (χ0) is 17.3. The number of rotatable bonds is 3. The third-order valence-electron chi connectivity index (χ3n) is 4.60. The van der Waals surface area contributed by atoms with Crippen LogP contribution in [0.5, 0.6) is 0 Å². The van der Waals surface area contributed by atoms with Crippen molar-refractivity contribution in [2.24, 2.45) is 5.10 Å². The Hall–Kier alpha value is -2.77. The van der Waals surface area contributed by atoms with Gasteiger partial charge in [-0.1, -0.05) is 31.4 Å². The number of amides is 3. The average molecular weight is 330 g/mol. The number of imide groups is 1. The van der Waals surface area contributed by atoms with Gasteiger partial charge in [0, 0.05) is 17.2 Å². The van der Waals surface area contributed by atoms with E-state index in [1.807, 2.05) is 0 Å². The van der Waals surface area contributed by atoms with Gasteiger partial charge in [-0.2, -0.15) is 5.10 Å². The fraction of sp³-hybridized carbons (Fsp3) is 0.438. The molecular weight excluding hydrogens is 312 g/mol. The number of nitro benzene ring substituents is 1. The molecule has 1 saturated carbocycles. The first kappa shape index (κ1) is 16.1. The molecule has 24 heavy (non-hydrogen) atoms. The molecule has 1 saturated heterocycles. The SMILES string of the molecule is Cc1ccc(/C=N\N2C(=O)NC3(CCCCC3)C2=O)cc1[N+](=O)[O-]. The first-order valence-electron chi connectivity index (χ1n) is 7.89. The number of nitrogens with zero attached hydrogens (tertiary/aromatic N) is 3. The monoisotopic (exact) mass is 330 g/mol. The Kier molecular flexibility index (Phi) is 4.04. The molecule has 2 aliphatic rings. The van der Waals surface area contributed by atoms with Crippen LogP contribution in [0.4, 0.5) is 10.5 Å². The van der Waals surface area contributed by atoms with Crippen LogP contribution in [0, 0.1) is 17.0 Å². The second kappa shape index (κ2) is 6.03. The van der Waals surface area contributed by atoms with Gasteiger partial charge in [-0.05, 0) is 19.8 Å². The Morgan fingerprint density at radius 2 is 2.00 bits per heavy atom. The quantitative estimate of drug-likeness (QED) is 0.398. The molecule has 3 amide bonds. The van der Waals surface area contributed by atoms with Crippen LogP contribution in [0.2, 0.25) is 0 Å². The summed E-state index contributed by atoms with van der Waals surface area (Å²) >= 11 is 0. The predicted octanol–water partition coefficient (Wildman–Crippen LogP) is 2.49. The van der Waals surface area contributed by atoms with Crippen LogP contribution in [0.25, 0.3) is 0 Å². The van der Waals surface area contributed by atoms with Gasteiger partial charge in [-0.25, -0.2) is 4.79 Å². The Labute approximate surface area is 138 Å². The molecule has 1 aliphatic heterocycles. The molecule has 0 atom stereocenters. The van der Waals surface area contributed by atoms with E-state index < -0.39 is 16.5 Å². The van der Waals surface area contributed by atoms with Gasteiger partial charge in [-0.3, -0.25) is 14.9 Å². The maximum Gasteiger partial charge on any atom is 0.346 e. The Morgan fingerprint density at radius 1 is 1.29 bits per heavy atom. The van der Waals surface area contributed by atoms with Gasteiger partial charge in [-0.15, -0.1) is 5.01 Å². The molecular formula is C16H18N4O4. The molecule has 0 aromatic heterocycles. The van der Waals surface area contributed by atoms with E-state index in [0.717, 1.165) is 24.3 Å². The van der Waals surface area contributed by atoms with Crippen molar-refractivity contribution in [2.45, 2.75) is 44.6 Å². The standard InChI is InChI=1S/C16H18N4O4/c1-11-5-6-12(9-13(11)20(23)24)10-17-19-14(21)16(18-15(19)22)7-3-2-4-8-16/h5-6,9-10H,2-4,7-8H2,1H3,(H,18,22)/b17-10-. The lowest BCUT2D eigenvalue weighted by Gasteiger charge is -2.29. The van der Waals surface area contributed by atoms with Gasteiger partial charge in [0.15, 0.2) is 0 Å². The molecule has 0 radical (unpaired) electrons. The first-order chi connectivity index (χ1) is 11.4. The molecule has 1 heterocycles. The van der Waals surface area contributed by atoms with Crippen molar-refractivity contribution in [3.8, 4) is 0 Å². The van der Waals surface area contributed by atoms with Crippen molar-refractivity contribution in [3.05, 3.63) is 39.4 Å².